The van der Waals surface area contributed by atoms with Crippen molar-refractivity contribution in [2.75, 3.05) is 11.9 Å². The topological polar surface area (TPSA) is 21.3 Å². The average Bonchev–Trinajstić information content (AvgIpc) is 2.49. The molecular formula is C19H25NO. The van der Waals surface area contributed by atoms with Gasteiger partial charge in [0.15, 0.2) is 0 Å². The van der Waals surface area contributed by atoms with Gasteiger partial charge >= 0.3 is 0 Å². The lowest BCUT2D eigenvalue weighted by atomic mass is 10.1. The highest BCUT2D eigenvalue weighted by atomic mass is 16.5. The highest BCUT2D eigenvalue weighted by Crippen LogP contribution is 2.17. The number of rotatable bonds is 7. The monoisotopic (exact) mass is 283 g/mol. The van der Waals surface area contributed by atoms with Gasteiger partial charge in [0.1, 0.15) is 5.75 Å². The summed E-state index contributed by atoms with van der Waals surface area (Å²) in [5, 5.41) is 3.47. The summed E-state index contributed by atoms with van der Waals surface area (Å²) in [6.45, 7) is 8.06. The molecule has 0 saturated carbocycles. The molecule has 0 bridgehead atoms. The zero-order valence-electron chi connectivity index (χ0n) is 13.3. The van der Waals surface area contributed by atoms with Crippen LogP contribution in [0.25, 0.3) is 0 Å². The third-order valence-electron chi connectivity index (χ3n) is 3.67. The van der Waals surface area contributed by atoms with Crippen molar-refractivity contribution >= 4 is 5.69 Å². The smallest absolute Gasteiger partial charge is 0.119 e. The lowest BCUT2D eigenvalue weighted by Crippen LogP contribution is -2.01. The Bertz CT molecular complexity index is 578. The van der Waals surface area contributed by atoms with Crippen LogP contribution in [0.3, 0.4) is 0 Å². The highest BCUT2D eigenvalue weighted by molar-refractivity contribution is 5.48. The summed E-state index contributed by atoms with van der Waals surface area (Å²) in [5.74, 6) is 0.961. The molecule has 0 unspecified atom stereocenters. The van der Waals surface area contributed by atoms with Gasteiger partial charge in [-0.2, -0.15) is 0 Å². The zero-order chi connectivity index (χ0) is 15.1. The zero-order valence-corrected chi connectivity index (χ0v) is 13.3. The second-order valence-corrected chi connectivity index (χ2v) is 5.50. The number of benzene rings is 2. The molecule has 2 rings (SSSR count). The van der Waals surface area contributed by atoms with E-state index in [0.717, 1.165) is 37.4 Å². The van der Waals surface area contributed by atoms with Crippen LogP contribution in [0.2, 0.25) is 0 Å². The first-order chi connectivity index (χ1) is 10.2. The number of ether oxygens (including phenoxy) is 1. The Labute approximate surface area is 128 Å². The summed E-state index contributed by atoms with van der Waals surface area (Å²) in [5.41, 5.74) is 5.04. The summed E-state index contributed by atoms with van der Waals surface area (Å²) < 4.78 is 5.75. The first kappa shape index (κ1) is 15.4. The first-order valence-electron chi connectivity index (χ1n) is 7.72. The lowest BCUT2D eigenvalue weighted by Gasteiger charge is -2.10. The number of unbranched alkanes of at least 4 members (excludes halogenated alkanes) is 1. The maximum Gasteiger partial charge on any atom is 0.119 e. The summed E-state index contributed by atoms with van der Waals surface area (Å²) in [7, 11) is 0. The van der Waals surface area contributed by atoms with Crippen LogP contribution in [0.5, 0.6) is 5.75 Å². The molecule has 0 atom stereocenters. The minimum Gasteiger partial charge on any atom is -0.494 e. The van der Waals surface area contributed by atoms with Gasteiger partial charge in [-0.3, -0.25) is 0 Å². The van der Waals surface area contributed by atoms with E-state index in [9.17, 15) is 0 Å². The van der Waals surface area contributed by atoms with Crippen LogP contribution in [0.15, 0.2) is 42.5 Å². The van der Waals surface area contributed by atoms with Gasteiger partial charge in [-0.1, -0.05) is 31.5 Å². The van der Waals surface area contributed by atoms with E-state index in [4.69, 9.17) is 4.74 Å². The van der Waals surface area contributed by atoms with E-state index in [1.807, 2.05) is 6.07 Å². The molecule has 1 N–H and O–H groups in total. The van der Waals surface area contributed by atoms with E-state index in [1.165, 1.54) is 16.7 Å². The predicted octanol–water partition coefficient (Wildman–Crippen LogP) is 5.09. The molecule has 2 heteroatoms. The fourth-order valence-electron chi connectivity index (χ4n) is 2.14. The molecule has 21 heavy (non-hydrogen) atoms. The molecular weight excluding hydrogens is 258 g/mol. The quantitative estimate of drug-likeness (QED) is 0.714. The summed E-state index contributed by atoms with van der Waals surface area (Å²) in [6.07, 6.45) is 2.26. The molecule has 0 aromatic heterocycles. The van der Waals surface area contributed by atoms with Crippen LogP contribution in [0.4, 0.5) is 5.69 Å². The summed E-state index contributed by atoms with van der Waals surface area (Å²) in [6, 6.07) is 14.8. The number of hydrogen-bond acceptors (Lipinski definition) is 2. The standard InChI is InChI=1S/C19H25NO/c1-4-5-11-21-19-8-6-7-17(13-19)14-20-18-10-9-15(2)16(3)12-18/h6-10,12-13,20H,4-5,11,14H2,1-3H3. The van der Waals surface area contributed by atoms with Crippen molar-refractivity contribution in [3.8, 4) is 5.75 Å². The number of anilines is 1. The SMILES string of the molecule is CCCCOc1cccc(CNc2ccc(C)c(C)c2)c1. The number of nitrogens with one attached hydrogen (secondary N) is 1. The first-order valence-corrected chi connectivity index (χ1v) is 7.72. The van der Waals surface area contributed by atoms with Crippen LogP contribution in [0.1, 0.15) is 36.5 Å². The minimum absolute atomic E-state index is 0.796. The Balaban J connectivity index is 1.93. The largest absolute Gasteiger partial charge is 0.494 e. The van der Waals surface area contributed by atoms with Gasteiger partial charge < -0.3 is 10.1 Å². The molecule has 0 aliphatic heterocycles. The molecule has 112 valence electrons. The molecule has 0 heterocycles. The third kappa shape index (κ3) is 4.82. The van der Waals surface area contributed by atoms with Crippen molar-refractivity contribution in [1.82, 2.24) is 0 Å². The number of hydrogen-bond donors (Lipinski definition) is 1. The Morgan fingerprint density at radius 3 is 2.62 bits per heavy atom. The van der Waals surface area contributed by atoms with E-state index in [-0.39, 0.29) is 0 Å². The Kier molecular flexibility index (Phi) is 5.68. The van der Waals surface area contributed by atoms with Gasteiger partial charge in [0.2, 0.25) is 0 Å². The molecule has 0 saturated heterocycles. The number of aryl methyl sites for hydroxylation is 2. The molecule has 2 aromatic rings. The van der Waals surface area contributed by atoms with Crippen molar-refractivity contribution in [3.05, 3.63) is 59.2 Å². The van der Waals surface area contributed by atoms with Gasteiger partial charge in [0.25, 0.3) is 0 Å². The van der Waals surface area contributed by atoms with Crippen molar-refractivity contribution in [1.29, 1.82) is 0 Å². The van der Waals surface area contributed by atoms with E-state index in [2.05, 4.69) is 62.5 Å². The van der Waals surface area contributed by atoms with Crippen molar-refractivity contribution in [3.63, 3.8) is 0 Å². The molecule has 0 fully saturated rings. The average molecular weight is 283 g/mol. The van der Waals surface area contributed by atoms with E-state index in [1.54, 1.807) is 0 Å². The molecule has 2 aromatic carbocycles. The maximum absolute atomic E-state index is 5.75. The highest BCUT2D eigenvalue weighted by Gasteiger charge is 1.99. The third-order valence-corrected chi connectivity index (χ3v) is 3.67. The summed E-state index contributed by atoms with van der Waals surface area (Å²) in [4.78, 5) is 0. The maximum atomic E-state index is 5.75. The van der Waals surface area contributed by atoms with Gasteiger partial charge in [-0.15, -0.1) is 0 Å². The molecule has 0 radical (unpaired) electrons. The van der Waals surface area contributed by atoms with E-state index in [0.29, 0.717) is 0 Å². The fraction of sp³-hybridized carbons (Fsp3) is 0.368. The van der Waals surface area contributed by atoms with Crippen LogP contribution in [-0.2, 0) is 6.54 Å². The fourth-order valence-corrected chi connectivity index (χ4v) is 2.14. The Hall–Kier alpha value is -1.96. The second-order valence-electron chi connectivity index (χ2n) is 5.50. The van der Waals surface area contributed by atoms with E-state index < -0.39 is 0 Å². The van der Waals surface area contributed by atoms with Crippen molar-refractivity contribution < 1.29 is 4.74 Å². The molecule has 2 nitrogen and oxygen atoms in total. The van der Waals surface area contributed by atoms with E-state index >= 15 is 0 Å². The van der Waals surface area contributed by atoms with Crippen LogP contribution in [0, 0.1) is 13.8 Å². The second kappa shape index (κ2) is 7.72. The molecule has 0 amide bonds. The lowest BCUT2D eigenvalue weighted by molar-refractivity contribution is 0.309. The molecule has 0 aliphatic carbocycles. The van der Waals surface area contributed by atoms with Crippen LogP contribution in [-0.4, -0.2) is 6.61 Å². The Morgan fingerprint density at radius 2 is 1.86 bits per heavy atom. The predicted molar refractivity (Wildman–Crippen MR) is 90.1 cm³/mol. The van der Waals surface area contributed by atoms with Gasteiger partial charge in [-0.05, 0) is 61.2 Å². The van der Waals surface area contributed by atoms with Crippen LogP contribution < -0.4 is 10.1 Å². The molecule has 0 aliphatic rings. The Morgan fingerprint density at radius 1 is 1.00 bits per heavy atom. The minimum atomic E-state index is 0.796. The summed E-state index contributed by atoms with van der Waals surface area (Å²) >= 11 is 0. The van der Waals surface area contributed by atoms with Gasteiger partial charge in [0.05, 0.1) is 6.61 Å². The normalized spacial score (nSPS) is 10.4. The van der Waals surface area contributed by atoms with Crippen LogP contribution >= 0.6 is 0 Å². The van der Waals surface area contributed by atoms with Crippen molar-refractivity contribution in [2.45, 2.75) is 40.2 Å². The van der Waals surface area contributed by atoms with Gasteiger partial charge in [-0.25, -0.2) is 0 Å². The molecule has 0 spiro atoms. The van der Waals surface area contributed by atoms with Crippen molar-refractivity contribution in [2.24, 2.45) is 0 Å². The van der Waals surface area contributed by atoms with Gasteiger partial charge in [0, 0.05) is 12.2 Å².